The van der Waals surface area contributed by atoms with E-state index in [-0.39, 0.29) is 35.5 Å². The van der Waals surface area contributed by atoms with Crippen molar-refractivity contribution >= 4 is 46.0 Å². The number of anilines is 1. The van der Waals surface area contributed by atoms with E-state index < -0.39 is 5.91 Å². The summed E-state index contributed by atoms with van der Waals surface area (Å²) >= 11 is 5.61. The monoisotopic (exact) mass is 670 g/mol. The van der Waals surface area contributed by atoms with Crippen LogP contribution in [0.4, 0.5) is 5.69 Å². The molecule has 0 bridgehead atoms. The Kier molecular flexibility index (Phi) is 11.5. The molecule has 0 saturated carbocycles. The van der Waals surface area contributed by atoms with Gasteiger partial charge in [0.25, 0.3) is 11.8 Å². The summed E-state index contributed by atoms with van der Waals surface area (Å²) in [4.78, 5) is 57.2. The van der Waals surface area contributed by atoms with E-state index in [1.165, 1.54) is 11.6 Å². The predicted octanol–water partition coefficient (Wildman–Crippen LogP) is 6.27. The second-order valence-corrected chi connectivity index (χ2v) is 13.0. The molecule has 6 rings (SSSR count). The minimum absolute atomic E-state index is 0.0669. The largest absolute Gasteiger partial charge is 0.451 e. The molecule has 3 amide bonds. The standard InChI is InChI=1S/C31H36N4O5.C7H7Cl/c1-21(2)22-10-11-27-24(18-22)26(36)19-28(40-27)30(38)32-20-29(37)34-16-14-33(15-17-34)25-9-5-4-8-23(25)31(39)35-12-6-3-7-13-35;1-6-2-4-7(8)5-3-6/h4-5,8-11,18-19,21H,3,6-7,12-17,20H2,1-2H3,(H,32,38);2-5H,1H3. The molecule has 9 nitrogen and oxygen atoms in total. The molecule has 1 N–H and O–H groups in total. The third kappa shape index (κ3) is 8.63. The molecule has 1 aromatic heterocycles. The molecule has 0 atom stereocenters. The maximum absolute atomic E-state index is 13.2. The van der Waals surface area contributed by atoms with Crippen molar-refractivity contribution in [3.63, 3.8) is 0 Å². The van der Waals surface area contributed by atoms with Crippen LogP contribution in [0.25, 0.3) is 11.0 Å². The van der Waals surface area contributed by atoms with Gasteiger partial charge in [-0.25, -0.2) is 0 Å². The maximum atomic E-state index is 13.2. The van der Waals surface area contributed by atoms with Crippen LogP contribution in [-0.2, 0) is 4.79 Å². The summed E-state index contributed by atoms with van der Waals surface area (Å²) in [6.45, 7) is 9.63. The Morgan fingerprint density at radius 2 is 1.52 bits per heavy atom. The highest BCUT2D eigenvalue weighted by Gasteiger charge is 2.27. The summed E-state index contributed by atoms with van der Waals surface area (Å²) in [5.74, 6) is -0.615. The number of likely N-dealkylation sites (tertiary alicyclic amines) is 1. The molecule has 0 spiro atoms. The molecule has 2 fully saturated rings. The highest BCUT2D eigenvalue weighted by molar-refractivity contribution is 6.30. The molecule has 3 heterocycles. The highest BCUT2D eigenvalue weighted by Crippen LogP contribution is 2.25. The van der Waals surface area contributed by atoms with Crippen LogP contribution in [0.5, 0.6) is 0 Å². The lowest BCUT2D eigenvalue weighted by atomic mass is 10.0. The average molecular weight is 671 g/mol. The van der Waals surface area contributed by atoms with E-state index in [0.717, 1.165) is 48.6 Å². The smallest absolute Gasteiger partial charge is 0.287 e. The Morgan fingerprint density at radius 3 is 2.19 bits per heavy atom. The molecule has 4 aromatic rings. The van der Waals surface area contributed by atoms with Crippen LogP contribution in [0.15, 0.2) is 82.0 Å². The van der Waals surface area contributed by atoms with E-state index in [1.807, 2.05) is 80.3 Å². The predicted molar refractivity (Wildman–Crippen MR) is 190 cm³/mol. The van der Waals surface area contributed by atoms with Gasteiger partial charge in [-0.15, -0.1) is 0 Å². The molecule has 2 saturated heterocycles. The van der Waals surface area contributed by atoms with Gasteiger partial charge in [0, 0.05) is 56.0 Å². The molecule has 10 heteroatoms. The van der Waals surface area contributed by atoms with Crippen LogP contribution in [-0.4, -0.2) is 73.3 Å². The molecular formula is C38H43ClN4O5. The van der Waals surface area contributed by atoms with Crippen LogP contribution < -0.4 is 15.6 Å². The maximum Gasteiger partial charge on any atom is 0.287 e. The molecular weight excluding hydrogens is 628 g/mol. The number of carbonyl (C=O) groups is 3. The van der Waals surface area contributed by atoms with Crippen molar-refractivity contribution in [3.05, 3.63) is 110 Å². The van der Waals surface area contributed by atoms with Gasteiger partial charge in [0.2, 0.25) is 5.91 Å². The fourth-order valence-corrected chi connectivity index (χ4v) is 6.05. The zero-order valence-corrected chi connectivity index (χ0v) is 28.6. The average Bonchev–Trinajstić information content (AvgIpc) is 3.12. The molecule has 3 aromatic carbocycles. The van der Waals surface area contributed by atoms with Crippen molar-refractivity contribution in [1.82, 2.24) is 15.1 Å². The first-order valence-corrected chi connectivity index (χ1v) is 17.0. The van der Waals surface area contributed by atoms with Gasteiger partial charge in [0.1, 0.15) is 5.58 Å². The van der Waals surface area contributed by atoms with E-state index in [9.17, 15) is 19.2 Å². The van der Waals surface area contributed by atoms with Crippen molar-refractivity contribution in [2.45, 2.75) is 46.0 Å². The number of fused-ring (bicyclic) bond motifs is 1. The third-order valence-electron chi connectivity index (χ3n) is 8.80. The van der Waals surface area contributed by atoms with Crippen molar-refractivity contribution in [3.8, 4) is 0 Å². The molecule has 0 unspecified atom stereocenters. The first-order chi connectivity index (χ1) is 23.1. The van der Waals surface area contributed by atoms with Crippen molar-refractivity contribution in [1.29, 1.82) is 0 Å². The van der Waals surface area contributed by atoms with E-state index >= 15 is 0 Å². The minimum atomic E-state index is -0.607. The summed E-state index contributed by atoms with van der Waals surface area (Å²) in [7, 11) is 0. The summed E-state index contributed by atoms with van der Waals surface area (Å²) in [6, 6.07) is 22.0. The van der Waals surface area contributed by atoms with Gasteiger partial charge in [0.15, 0.2) is 11.2 Å². The number of amides is 3. The fraction of sp³-hybridized carbons (Fsp3) is 0.368. The lowest BCUT2D eigenvalue weighted by Crippen LogP contribution is -2.51. The van der Waals surface area contributed by atoms with Gasteiger partial charge in [0.05, 0.1) is 17.5 Å². The quantitative estimate of drug-likeness (QED) is 0.260. The summed E-state index contributed by atoms with van der Waals surface area (Å²) < 4.78 is 5.68. The van der Waals surface area contributed by atoms with Crippen LogP contribution in [0.3, 0.4) is 0 Å². The second-order valence-electron chi connectivity index (χ2n) is 12.6. The van der Waals surface area contributed by atoms with E-state index in [2.05, 4.69) is 10.2 Å². The molecule has 48 heavy (non-hydrogen) atoms. The van der Waals surface area contributed by atoms with E-state index in [4.69, 9.17) is 16.0 Å². The number of benzene rings is 3. The topological polar surface area (TPSA) is 103 Å². The van der Waals surface area contributed by atoms with Gasteiger partial charge < -0.3 is 24.4 Å². The van der Waals surface area contributed by atoms with Gasteiger partial charge in [-0.2, -0.15) is 0 Å². The van der Waals surface area contributed by atoms with Crippen LogP contribution in [0.1, 0.15) is 71.1 Å². The SMILES string of the molecule is CC(C)c1ccc2oc(C(=O)NCC(=O)N3CCN(c4ccccc4C(=O)N4CCCCC4)CC3)cc(=O)c2c1.Cc1ccc(Cl)cc1. The summed E-state index contributed by atoms with van der Waals surface area (Å²) in [5, 5.41) is 3.82. The Morgan fingerprint density at radius 1 is 0.833 bits per heavy atom. The number of nitrogens with zero attached hydrogens (tertiary/aromatic N) is 3. The van der Waals surface area contributed by atoms with Crippen molar-refractivity contribution in [2.24, 2.45) is 0 Å². The number of piperidine rings is 1. The Bertz CT molecular complexity index is 1790. The lowest BCUT2D eigenvalue weighted by Gasteiger charge is -2.37. The first kappa shape index (κ1) is 34.7. The molecule has 2 aliphatic rings. The zero-order valence-electron chi connectivity index (χ0n) is 27.8. The van der Waals surface area contributed by atoms with Gasteiger partial charge in [-0.3, -0.25) is 19.2 Å². The molecule has 0 aliphatic carbocycles. The van der Waals surface area contributed by atoms with Crippen LogP contribution in [0, 0.1) is 6.92 Å². The number of piperazine rings is 1. The number of para-hydroxylation sites is 1. The second kappa shape index (κ2) is 16.0. The third-order valence-corrected chi connectivity index (χ3v) is 9.06. The normalized spacial score (nSPS) is 14.8. The lowest BCUT2D eigenvalue weighted by molar-refractivity contribution is -0.130. The summed E-state index contributed by atoms with van der Waals surface area (Å²) in [6.07, 6.45) is 3.24. The van der Waals surface area contributed by atoms with Crippen LogP contribution in [0.2, 0.25) is 5.02 Å². The Labute approximate surface area is 286 Å². The number of halogens is 1. The first-order valence-electron chi connectivity index (χ1n) is 16.6. The van der Waals surface area contributed by atoms with Crippen molar-refractivity contribution < 1.29 is 18.8 Å². The number of hydrogen-bond donors (Lipinski definition) is 1. The Hall–Kier alpha value is -4.63. The number of aryl methyl sites for hydroxylation is 1. The van der Waals surface area contributed by atoms with Crippen molar-refractivity contribution in [2.75, 3.05) is 50.7 Å². The Balaban J connectivity index is 0.000000494. The molecule has 0 radical (unpaired) electrons. The zero-order chi connectivity index (χ0) is 34.2. The van der Waals surface area contributed by atoms with E-state index in [0.29, 0.717) is 42.7 Å². The number of hydrogen-bond acceptors (Lipinski definition) is 6. The summed E-state index contributed by atoms with van der Waals surface area (Å²) in [5.41, 5.74) is 3.90. The van der Waals surface area contributed by atoms with Gasteiger partial charge in [-0.05, 0) is 74.1 Å². The number of nitrogens with one attached hydrogen (secondary N) is 1. The van der Waals surface area contributed by atoms with Crippen LogP contribution >= 0.6 is 11.6 Å². The van der Waals surface area contributed by atoms with Gasteiger partial charge in [-0.1, -0.05) is 61.3 Å². The minimum Gasteiger partial charge on any atom is -0.451 e. The highest BCUT2D eigenvalue weighted by atomic mass is 35.5. The van der Waals surface area contributed by atoms with Gasteiger partial charge >= 0.3 is 0 Å². The van der Waals surface area contributed by atoms with E-state index in [1.54, 1.807) is 17.0 Å². The molecule has 252 valence electrons. The molecule has 2 aliphatic heterocycles. The number of rotatable bonds is 6. The number of carbonyl (C=O) groups excluding carboxylic acids is 3. The fourth-order valence-electron chi connectivity index (χ4n) is 5.93.